The molecule has 0 radical (unpaired) electrons. The van der Waals surface area contributed by atoms with Gasteiger partial charge in [0.15, 0.2) is 9.84 Å². The van der Waals surface area contributed by atoms with E-state index in [1.54, 1.807) is 18.2 Å². The zero-order chi connectivity index (χ0) is 26.9. The molecule has 0 spiro atoms. The Hall–Kier alpha value is -3.35. The molecule has 0 bridgehead atoms. The number of carbonyl (C=O) groups excluding carboxylic acids is 1. The molecule has 3 aromatic rings. The van der Waals surface area contributed by atoms with Gasteiger partial charge in [-0.2, -0.15) is 10.4 Å². The van der Waals surface area contributed by atoms with Gasteiger partial charge in [0.2, 0.25) is 5.91 Å². The number of amides is 1. The molecule has 1 aliphatic heterocycles. The summed E-state index contributed by atoms with van der Waals surface area (Å²) in [4.78, 5) is 15.4. The highest BCUT2D eigenvalue weighted by atomic mass is 35.5. The smallest absolute Gasteiger partial charge is 0.244 e. The van der Waals surface area contributed by atoms with Crippen molar-refractivity contribution in [3.63, 3.8) is 0 Å². The average molecular weight is 552 g/mol. The summed E-state index contributed by atoms with van der Waals surface area (Å²) < 4.78 is 29.2. The highest BCUT2D eigenvalue weighted by molar-refractivity contribution is 7.92. The van der Waals surface area contributed by atoms with Gasteiger partial charge in [-0.15, -0.1) is 0 Å². The van der Waals surface area contributed by atoms with Gasteiger partial charge in [-0.25, -0.2) is 13.1 Å². The van der Waals surface area contributed by atoms with Crippen molar-refractivity contribution >= 4 is 33.2 Å². The van der Waals surface area contributed by atoms with E-state index in [2.05, 4.69) is 28.6 Å². The zero-order valence-corrected chi connectivity index (χ0v) is 22.8. The predicted molar refractivity (Wildman–Crippen MR) is 146 cm³/mol. The molecular weight excluding hydrogens is 522 g/mol. The molecule has 1 aromatic heterocycles. The van der Waals surface area contributed by atoms with E-state index in [-0.39, 0.29) is 28.8 Å². The normalized spacial score (nSPS) is 20.2. The summed E-state index contributed by atoms with van der Waals surface area (Å²) >= 11 is 6.27. The second-order valence-corrected chi connectivity index (χ2v) is 12.7. The molecular formula is C28H30ClN5O3S. The first-order chi connectivity index (χ1) is 18.2. The number of benzene rings is 2. The van der Waals surface area contributed by atoms with Gasteiger partial charge < -0.3 is 10.2 Å². The molecule has 2 atom stereocenters. The number of hydrogen-bond acceptors (Lipinski definition) is 6. The minimum Gasteiger partial charge on any atom is -0.343 e. The van der Waals surface area contributed by atoms with Crippen LogP contribution in [0.5, 0.6) is 0 Å². The fourth-order valence-electron chi connectivity index (χ4n) is 5.09. The number of aromatic nitrogens is 2. The summed E-state index contributed by atoms with van der Waals surface area (Å²) in [7, 11) is -3.82. The monoisotopic (exact) mass is 551 g/mol. The molecule has 1 saturated carbocycles. The average Bonchev–Trinajstić information content (AvgIpc) is 3.35. The van der Waals surface area contributed by atoms with Crippen molar-refractivity contribution in [2.24, 2.45) is 0 Å². The molecule has 8 nitrogen and oxygen atoms in total. The SMILES string of the molecule is Cc1cc(N2CC(S(=O)(=O)c3ccccc3Cl)CC2C(=O)NC2(C#N)CC2)n(CCCc2ccccc2)n1. The number of nitrogens with one attached hydrogen (secondary N) is 1. The van der Waals surface area contributed by atoms with Crippen molar-refractivity contribution in [3.05, 3.63) is 76.9 Å². The number of sulfone groups is 1. The van der Waals surface area contributed by atoms with Crippen LogP contribution in [0, 0.1) is 18.3 Å². The zero-order valence-electron chi connectivity index (χ0n) is 21.2. The Balaban J connectivity index is 1.43. The van der Waals surface area contributed by atoms with Crippen LogP contribution in [0.4, 0.5) is 5.82 Å². The number of carbonyl (C=O) groups is 1. The molecule has 1 amide bonds. The van der Waals surface area contributed by atoms with Gasteiger partial charge in [0, 0.05) is 19.2 Å². The number of hydrogen-bond donors (Lipinski definition) is 1. The lowest BCUT2D eigenvalue weighted by atomic mass is 10.1. The maximum Gasteiger partial charge on any atom is 0.244 e. The summed E-state index contributed by atoms with van der Waals surface area (Å²) in [5, 5.41) is 16.4. The van der Waals surface area contributed by atoms with Gasteiger partial charge in [-0.1, -0.05) is 54.1 Å². The van der Waals surface area contributed by atoms with E-state index in [4.69, 9.17) is 11.6 Å². The summed E-state index contributed by atoms with van der Waals surface area (Å²) in [5.41, 5.74) is 1.16. The lowest BCUT2D eigenvalue weighted by Crippen LogP contribution is -2.48. The van der Waals surface area contributed by atoms with Crippen molar-refractivity contribution in [3.8, 4) is 6.07 Å². The number of nitriles is 1. The van der Waals surface area contributed by atoms with E-state index < -0.39 is 26.7 Å². The van der Waals surface area contributed by atoms with Gasteiger partial charge in [0.05, 0.1) is 26.9 Å². The first-order valence-electron chi connectivity index (χ1n) is 12.8. The van der Waals surface area contributed by atoms with Crippen LogP contribution in [0.25, 0.3) is 0 Å². The molecule has 38 heavy (non-hydrogen) atoms. The van der Waals surface area contributed by atoms with E-state index in [1.165, 1.54) is 11.6 Å². The first-order valence-corrected chi connectivity index (χ1v) is 14.7. The van der Waals surface area contributed by atoms with Gasteiger partial charge in [-0.3, -0.25) is 4.79 Å². The number of aryl methyl sites for hydroxylation is 3. The van der Waals surface area contributed by atoms with Crippen LogP contribution in [0.15, 0.2) is 65.6 Å². The van der Waals surface area contributed by atoms with E-state index in [0.29, 0.717) is 25.2 Å². The minimum atomic E-state index is -3.82. The van der Waals surface area contributed by atoms with Gasteiger partial charge in [-0.05, 0) is 56.7 Å². The standard InChI is InChI=1S/C28H30ClN5O3S/c1-20-16-26(34(32-20)15-7-10-21-8-3-2-4-9-21)33-18-22(38(36,37)25-12-6-5-11-23(25)29)17-24(33)27(35)31-28(19-30)13-14-28/h2-6,8-9,11-12,16,22,24H,7,10,13-15,17-18H2,1H3,(H,31,35). The Bertz CT molecular complexity index is 1480. The largest absolute Gasteiger partial charge is 0.343 e. The molecule has 2 aromatic carbocycles. The molecule has 2 heterocycles. The molecule has 1 N–H and O–H groups in total. The molecule has 2 unspecified atom stereocenters. The van der Waals surface area contributed by atoms with Crippen LogP contribution in [-0.2, 0) is 27.6 Å². The van der Waals surface area contributed by atoms with Crippen molar-refractivity contribution in [1.29, 1.82) is 5.26 Å². The number of anilines is 1. The first kappa shape index (κ1) is 26.3. The Morgan fingerprint density at radius 2 is 1.89 bits per heavy atom. The number of nitrogens with zero attached hydrogens (tertiary/aromatic N) is 4. The molecule has 2 aliphatic rings. The van der Waals surface area contributed by atoms with E-state index >= 15 is 0 Å². The van der Waals surface area contributed by atoms with Crippen LogP contribution in [-0.4, -0.2) is 47.5 Å². The quantitative estimate of drug-likeness (QED) is 0.429. The Labute approximate surface area is 228 Å². The maximum atomic E-state index is 13.7. The summed E-state index contributed by atoms with van der Waals surface area (Å²) in [6, 6.07) is 19.9. The highest BCUT2D eigenvalue weighted by Crippen LogP contribution is 2.38. The molecule has 198 valence electrons. The molecule has 2 fully saturated rings. The lowest BCUT2D eigenvalue weighted by molar-refractivity contribution is -0.122. The fraction of sp³-hybridized carbons (Fsp3) is 0.393. The van der Waals surface area contributed by atoms with Gasteiger partial charge in [0.1, 0.15) is 17.4 Å². The minimum absolute atomic E-state index is 0.0657. The second kappa shape index (κ2) is 10.4. The van der Waals surface area contributed by atoms with E-state index in [0.717, 1.165) is 18.5 Å². The van der Waals surface area contributed by atoms with Gasteiger partial charge >= 0.3 is 0 Å². The number of halogens is 1. The third-order valence-electron chi connectivity index (χ3n) is 7.33. The lowest BCUT2D eigenvalue weighted by Gasteiger charge is -2.27. The molecule has 1 saturated heterocycles. The highest BCUT2D eigenvalue weighted by Gasteiger charge is 2.50. The molecule has 10 heteroatoms. The summed E-state index contributed by atoms with van der Waals surface area (Å²) in [6.07, 6.45) is 2.99. The molecule has 5 rings (SSSR count). The van der Waals surface area contributed by atoms with Crippen LogP contribution in [0.2, 0.25) is 5.02 Å². The van der Waals surface area contributed by atoms with Crippen molar-refractivity contribution in [2.75, 3.05) is 11.4 Å². The van der Waals surface area contributed by atoms with Crippen LogP contribution >= 0.6 is 11.6 Å². The second-order valence-electron chi connectivity index (χ2n) is 10.1. The van der Waals surface area contributed by atoms with Gasteiger partial charge in [0.25, 0.3) is 0 Å². The summed E-state index contributed by atoms with van der Waals surface area (Å²) in [6.45, 7) is 2.62. The summed E-state index contributed by atoms with van der Waals surface area (Å²) in [5.74, 6) is 0.366. The van der Waals surface area contributed by atoms with Crippen LogP contribution < -0.4 is 10.2 Å². The Morgan fingerprint density at radius 3 is 2.58 bits per heavy atom. The predicted octanol–water partition coefficient (Wildman–Crippen LogP) is 4.07. The maximum absolute atomic E-state index is 13.7. The van der Waals surface area contributed by atoms with Crippen molar-refractivity contribution in [1.82, 2.24) is 15.1 Å². The van der Waals surface area contributed by atoms with E-state index in [1.807, 2.05) is 40.8 Å². The van der Waals surface area contributed by atoms with E-state index in [9.17, 15) is 18.5 Å². The number of rotatable bonds is 9. The van der Waals surface area contributed by atoms with Crippen molar-refractivity contribution in [2.45, 2.75) is 67.3 Å². The Morgan fingerprint density at radius 1 is 1.18 bits per heavy atom. The topological polar surface area (TPSA) is 108 Å². The Kier molecular flexibility index (Phi) is 7.21. The third kappa shape index (κ3) is 5.29. The van der Waals surface area contributed by atoms with Crippen LogP contribution in [0.3, 0.4) is 0 Å². The fourth-order valence-corrected chi connectivity index (χ4v) is 7.31. The van der Waals surface area contributed by atoms with Crippen LogP contribution in [0.1, 0.15) is 36.9 Å². The molecule has 1 aliphatic carbocycles. The third-order valence-corrected chi connectivity index (χ3v) is 9.96. The van der Waals surface area contributed by atoms with Crippen molar-refractivity contribution < 1.29 is 13.2 Å².